The van der Waals surface area contributed by atoms with Gasteiger partial charge in [0.05, 0.1) is 0 Å². The van der Waals surface area contributed by atoms with E-state index in [9.17, 15) is 0 Å². The van der Waals surface area contributed by atoms with E-state index in [4.69, 9.17) is 19.2 Å². The van der Waals surface area contributed by atoms with Gasteiger partial charge in [-0.05, 0) is 0 Å². The Morgan fingerprint density at radius 1 is 0.600 bits per heavy atom. The molecule has 8 nitrogen and oxygen atoms in total. The summed E-state index contributed by atoms with van der Waals surface area (Å²) in [7, 11) is -4.61. The summed E-state index contributed by atoms with van der Waals surface area (Å²) in [5, 5.41) is 0. The molecule has 10 heteroatoms. The first-order valence-electron chi connectivity index (χ1n) is 0.894. The smallest absolute Gasteiger partial charge is 0.412 e. The highest BCUT2D eigenvalue weighted by Crippen LogP contribution is 1.67. The van der Waals surface area contributed by atoms with Crippen LogP contribution in [0.5, 0.6) is 0 Å². The summed E-state index contributed by atoms with van der Waals surface area (Å²) in [6.45, 7) is 0. The number of rotatable bonds is 0. The van der Waals surface area contributed by atoms with E-state index in [-0.39, 0.29) is 45.0 Å². The fourth-order valence-electron chi connectivity index (χ4n) is 0. The van der Waals surface area contributed by atoms with Crippen molar-refractivity contribution in [2.45, 2.75) is 0 Å². The van der Waals surface area contributed by atoms with Crippen molar-refractivity contribution < 1.29 is 41.1 Å². The normalized spacial score (nSPS) is 6.00. The molecule has 0 unspecified atom stereocenters. The summed E-state index contributed by atoms with van der Waals surface area (Å²) in [4.78, 5) is 29.3. The summed E-state index contributed by atoms with van der Waals surface area (Å²) in [6.07, 6.45) is 0. The van der Waals surface area contributed by atoms with Gasteiger partial charge in [-0.25, -0.2) is 0 Å². The van der Waals surface area contributed by atoms with Crippen molar-refractivity contribution in [3.05, 3.63) is 0 Å². The molecule has 10 heavy (non-hydrogen) atoms. The highest BCUT2D eigenvalue weighted by molar-refractivity contribution is 6.46. The molecule has 0 aliphatic rings. The van der Waals surface area contributed by atoms with Crippen molar-refractivity contribution in [3.8, 4) is 0 Å². The van der Waals surface area contributed by atoms with Gasteiger partial charge in [0.2, 0.25) is 0 Å². The van der Waals surface area contributed by atoms with Gasteiger partial charge >= 0.3 is 32.1 Å². The van der Waals surface area contributed by atoms with Crippen LogP contribution in [0.2, 0.25) is 0 Å². The van der Waals surface area contributed by atoms with Gasteiger partial charge in [0.1, 0.15) is 0 Å². The average molecular weight is 194 g/mol. The molecule has 0 radical (unpaired) electrons. The van der Waals surface area contributed by atoms with Crippen LogP contribution >= 0.6 is 0 Å². The molecular weight excluding hydrogens is 180 g/mol. The van der Waals surface area contributed by atoms with E-state index in [1.54, 1.807) is 0 Å². The van der Waals surface area contributed by atoms with E-state index in [2.05, 4.69) is 0 Å². The van der Waals surface area contributed by atoms with E-state index in [1.807, 2.05) is 0 Å². The minimum absolute atomic E-state index is 0. The average Bonchev–Trinajstić information content (AvgIpc) is 0.722. The van der Waals surface area contributed by atoms with Gasteiger partial charge in [-0.1, -0.05) is 0 Å². The Labute approximate surface area is 73.6 Å². The third-order valence-corrected chi connectivity index (χ3v) is 0. The SMILES string of the molecule is O.O.O.O.O[Si](O)(O)O.[MgH2]. The fourth-order valence-corrected chi connectivity index (χ4v) is 0. The summed E-state index contributed by atoms with van der Waals surface area (Å²) in [5.41, 5.74) is 0. The first-order valence-corrected chi connectivity index (χ1v) is 2.68. The molecule has 12 N–H and O–H groups in total. The molecule has 0 aromatic rings. The summed E-state index contributed by atoms with van der Waals surface area (Å²) < 4.78 is 0. The minimum Gasteiger partial charge on any atom is -0.412 e. The summed E-state index contributed by atoms with van der Waals surface area (Å²) in [5.74, 6) is 0. The molecule has 0 fully saturated rings. The van der Waals surface area contributed by atoms with Gasteiger partial charge in [0, 0.05) is 0 Å². The Balaban J connectivity index is -0.00000000800. The van der Waals surface area contributed by atoms with Crippen LogP contribution in [0.4, 0.5) is 0 Å². The van der Waals surface area contributed by atoms with E-state index in [1.165, 1.54) is 0 Å². The fraction of sp³-hybridized carbons (Fsp3) is 0. The highest BCUT2D eigenvalue weighted by Gasteiger charge is 2.22. The monoisotopic (exact) mass is 194 g/mol. The van der Waals surface area contributed by atoms with Crippen LogP contribution in [0.25, 0.3) is 0 Å². The molecular formula is H14MgO8Si. The third-order valence-electron chi connectivity index (χ3n) is 0. The largest absolute Gasteiger partial charge is 0.668 e. The molecule has 0 aliphatic carbocycles. The second-order valence-corrected chi connectivity index (χ2v) is 1.80. The number of hydrogen-bond donors (Lipinski definition) is 4. The van der Waals surface area contributed by atoms with E-state index in [0.29, 0.717) is 0 Å². The molecule has 0 amide bonds. The summed E-state index contributed by atoms with van der Waals surface area (Å²) in [6, 6.07) is 0. The van der Waals surface area contributed by atoms with Crippen molar-refractivity contribution in [1.82, 2.24) is 0 Å². The minimum atomic E-state index is -4.61. The summed E-state index contributed by atoms with van der Waals surface area (Å²) >= 11 is 0. The molecule has 0 saturated heterocycles. The molecule has 0 spiro atoms. The van der Waals surface area contributed by atoms with Crippen molar-refractivity contribution in [1.29, 1.82) is 0 Å². The van der Waals surface area contributed by atoms with Gasteiger partial charge < -0.3 is 41.1 Å². The van der Waals surface area contributed by atoms with Crippen LogP contribution in [0.15, 0.2) is 0 Å². The van der Waals surface area contributed by atoms with Gasteiger partial charge in [-0.3, -0.25) is 0 Å². The van der Waals surface area contributed by atoms with Gasteiger partial charge in [0.25, 0.3) is 0 Å². The van der Waals surface area contributed by atoms with E-state index in [0.717, 1.165) is 0 Å². The maximum Gasteiger partial charge on any atom is 0.668 e. The Hall–Kier alpha value is 0.663. The molecule has 0 rings (SSSR count). The van der Waals surface area contributed by atoms with Gasteiger partial charge in [0.15, 0.2) is 0 Å². The molecule has 0 saturated carbocycles. The lowest BCUT2D eigenvalue weighted by molar-refractivity contribution is 0.117. The molecule has 0 bridgehead atoms. The lowest BCUT2D eigenvalue weighted by atomic mass is 15.7. The molecule has 0 atom stereocenters. The number of hydrogen-bond acceptors (Lipinski definition) is 4. The van der Waals surface area contributed by atoms with Crippen LogP contribution in [-0.2, 0) is 0 Å². The zero-order chi connectivity index (χ0) is 4.50. The topological polar surface area (TPSA) is 207 Å². The molecule has 68 valence electrons. The van der Waals surface area contributed by atoms with E-state index < -0.39 is 9.05 Å². The Morgan fingerprint density at radius 3 is 0.600 bits per heavy atom. The molecule has 0 heterocycles. The Bertz CT molecular complexity index is 24.7. The standard InChI is InChI=1S/Mg.H4O4Si.4H2O.2H/c;1-5(2,3)4;;;;;;/h;1-4H;4*1H2;;. The van der Waals surface area contributed by atoms with Crippen molar-refractivity contribution in [2.75, 3.05) is 0 Å². The zero-order valence-corrected chi connectivity index (χ0v) is 5.29. The van der Waals surface area contributed by atoms with Gasteiger partial charge in [-0.15, -0.1) is 0 Å². The lowest BCUT2D eigenvalue weighted by Gasteiger charge is -1.91. The lowest BCUT2D eigenvalue weighted by Crippen LogP contribution is -2.33. The molecule has 0 aliphatic heterocycles. The molecule has 0 aromatic heterocycles. The zero-order valence-electron chi connectivity index (χ0n) is 4.29. The van der Waals surface area contributed by atoms with Crippen molar-refractivity contribution in [2.24, 2.45) is 0 Å². The quantitative estimate of drug-likeness (QED) is 0.277. The van der Waals surface area contributed by atoms with E-state index >= 15 is 0 Å². The Morgan fingerprint density at radius 2 is 0.600 bits per heavy atom. The first kappa shape index (κ1) is 45.8. The van der Waals surface area contributed by atoms with Crippen LogP contribution in [0.1, 0.15) is 0 Å². The second kappa shape index (κ2) is 16.3. The maximum atomic E-state index is 7.33. The van der Waals surface area contributed by atoms with Crippen molar-refractivity contribution in [3.63, 3.8) is 0 Å². The predicted octanol–water partition coefficient (Wildman–Crippen LogP) is -6.82. The van der Waals surface area contributed by atoms with Crippen LogP contribution in [0.3, 0.4) is 0 Å². The van der Waals surface area contributed by atoms with Gasteiger partial charge in [-0.2, -0.15) is 0 Å². The Kier molecular flexibility index (Phi) is 74.8. The predicted molar refractivity (Wildman–Crippen MR) is 37.6 cm³/mol. The maximum absolute atomic E-state index is 7.33. The second-order valence-electron chi connectivity index (χ2n) is 0.600. The van der Waals surface area contributed by atoms with Crippen LogP contribution < -0.4 is 0 Å². The van der Waals surface area contributed by atoms with Crippen LogP contribution in [0, 0.1) is 0 Å². The highest BCUT2D eigenvalue weighted by atomic mass is 28.4. The first-order chi connectivity index (χ1) is 2.00. The third kappa shape index (κ3) is 1160. The van der Waals surface area contributed by atoms with Crippen molar-refractivity contribution >= 4 is 32.1 Å². The van der Waals surface area contributed by atoms with Crippen LogP contribution in [-0.4, -0.2) is 73.2 Å². The molecule has 0 aromatic carbocycles.